The van der Waals surface area contributed by atoms with Crippen molar-refractivity contribution < 1.29 is 4.79 Å². The molecule has 0 aliphatic carbocycles. The van der Waals surface area contributed by atoms with Crippen LogP contribution >= 0.6 is 46.9 Å². The molecule has 18 heavy (non-hydrogen) atoms. The summed E-state index contributed by atoms with van der Waals surface area (Å²) in [6.45, 7) is 3.43. The fraction of sp³-hybridized carbons (Fsp3) is 0.545. The van der Waals surface area contributed by atoms with E-state index in [0.717, 1.165) is 13.0 Å². The predicted octanol–water partition coefficient (Wildman–Crippen LogP) is 3.29. The van der Waals surface area contributed by atoms with E-state index >= 15 is 0 Å². The van der Waals surface area contributed by atoms with Crippen molar-refractivity contribution >= 4 is 52.9 Å². The van der Waals surface area contributed by atoms with Gasteiger partial charge in [0, 0.05) is 19.1 Å². The van der Waals surface area contributed by atoms with Crippen LogP contribution in [0.4, 0.5) is 0 Å². The number of halogens is 3. The summed E-state index contributed by atoms with van der Waals surface area (Å²) < 4.78 is 1.01. The highest BCUT2D eigenvalue weighted by molar-refractivity contribution is 7.20. The maximum atomic E-state index is 12.2. The number of hydrogen-bond donors (Lipinski definition) is 1. The van der Waals surface area contributed by atoms with Crippen LogP contribution in [0, 0.1) is 5.92 Å². The molecule has 1 amide bonds. The molecule has 1 aliphatic heterocycles. The molecule has 2 atom stereocenters. The van der Waals surface area contributed by atoms with Crippen molar-refractivity contribution in [2.45, 2.75) is 19.4 Å². The quantitative estimate of drug-likeness (QED) is 0.905. The maximum absolute atomic E-state index is 12.2. The van der Waals surface area contributed by atoms with Crippen LogP contribution in [-0.2, 0) is 0 Å². The van der Waals surface area contributed by atoms with Crippen LogP contribution in [-0.4, -0.2) is 29.9 Å². The Bertz CT molecular complexity index is 436. The number of likely N-dealkylation sites (tertiary alicyclic amines) is 1. The topological polar surface area (TPSA) is 46.3 Å². The third-order valence-corrected chi connectivity index (χ3v) is 4.63. The minimum atomic E-state index is -0.0405. The molecule has 1 aromatic rings. The van der Waals surface area contributed by atoms with Gasteiger partial charge in [-0.25, -0.2) is 0 Å². The van der Waals surface area contributed by atoms with Gasteiger partial charge in [0.1, 0.15) is 4.34 Å². The van der Waals surface area contributed by atoms with E-state index in [0.29, 0.717) is 26.7 Å². The van der Waals surface area contributed by atoms with Crippen LogP contribution in [0.2, 0.25) is 8.67 Å². The second-order valence-corrected chi connectivity index (χ2v) is 6.68. The lowest BCUT2D eigenvalue weighted by Gasteiger charge is -2.17. The number of carbonyl (C=O) groups excluding carboxylic acids is 1. The average molecular weight is 330 g/mol. The molecule has 0 saturated carbocycles. The van der Waals surface area contributed by atoms with Gasteiger partial charge in [-0.2, -0.15) is 0 Å². The first-order valence-corrected chi connectivity index (χ1v) is 7.06. The monoisotopic (exact) mass is 328 g/mol. The number of rotatable bonds is 2. The van der Waals surface area contributed by atoms with Crippen molar-refractivity contribution in [2.75, 3.05) is 13.1 Å². The van der Waals surface area contributed by atoms with Gasteiger partial charge in [-0.05, 0) is 25.3 Å². The fourth-order valence-electron chi connectivity index (χ4n) is 2.06. The lowest BCUT2D eigenvalue weighted by atomic mass is 10.0. The van der Waals surface area contributed by atoms with Gasteiger partial charge < -0.3 is 10.6 Å². The predicted molar refractivity (Wildman–Crippen MR) is 79.2 cm³/mol. The minimum Gasteiger partial charge on any atom is -0.338 e. The smallest absolute Gasteiger partial charge is 0.256 e. The molecule has 1 fully saturated rings. The molecule has 2 heterocycles. The zero-order valence-corrected chi connectivity index (χ0v) is 13.0. The molecule has 2 N–H and O–H groups in total. The second kappa shape index (κ2) is 6.44. The number of nitrogens with two attached hydrogens (primary N) is 1. The van der Waals surface area contributed by atoms with Gasteiger partial charge in [-0.1, -0.05) is 23.2 Å². The van der Waals surface area contributed by atoms with Crippen molar-refractivity contribution in [1.29, 1.82) is 0 Å². The average Bonchev–Trinajstić information content (AvgIpc) is 2.84. The molecule has 102 valence electrons. The molecular formula is C11H15Cl3N2OS. The first-order chi connectivity index (χ1) is 7.99. The van der Waals surface area contributed by atoms with Crippen molar-refractivity contribution in [3.8, 4) is 0 Å². The molecule has 3 nitrogen and oxygen atoms in total. The highest BCUT2D eigenvalue weighted by atomic mass is 35.5. The van der Waals surface area contributed by atoms with Gasteiger partial charge in [-0.3, -0.25) is 4.79 Å². The molecule has 2 rings (SSSR count). The molecule has 0 radical (unpaired) electrons. The number of carbonyl (C=O) groups is 1. The summed E-state index contributed by atoms with van der Waals surface area (Å²) in [5.41, 5.74) is 6.36. The summed E-state index contributed by atoms with van der Waals surface area (Å²) in [4.78, 5) is 14.0. The van der Waals surface area contributed by atoms with E-state index in [2.05, 4.69) is 0 Å². The Labute approximate surface area is 127 Å². The summed E-state index contributed by atoms with van der Waals surface area (Å²) in [6.07, 6.45) is 0.957. The largest absolute Gasteiger partial charge is 0.338 e. The maximum Gasteiger partial charge on any atom is 0.256 e. The Morgan fingerprint density at radius 2 is 2.28 bits per heavy atom. The molecular weight excluding hydrogens is 315 g/mol. The second-order valence-electron chi connectivity index (χ2n) is 4.40. The zero-order chi connectivity index (χ0) is 12.6. The normalized spacial score (nSPS) is 20.7. The summed E-state index contributed by atoms with van der Waals surface area (Å²) >= 11 is 13.0. The van der Waals surface area contributed by atoms with E-state index in [-0.39, 0.29) is 24.4 Å². The van der Waals surface area contributed by atoms with Gasteiger partial charge in [0.25, 0.3) is 5.91 Å². The van der Waals surface area contributed by atoms with Gasteiger partial charge in [-0.15, -0.1) is 23.7 Å². The Morgan fingerprint density at radius 1 is 1.61 bits per heavy atom. The van der Waals surface area contributed by atoms with Crippen molar-refractivity contribution in [3.05, 3.63) is 20.3 Å². The molecule has 0 aromatic carbocycles. The highest BCUT2D eigenvalue weighted by Gasteiger charge is 2.30. The van der Waals surface area contributed by atoms with Gasteiger partial charge in [0.2, 0.25) is 0 Å². The van der Waals surface area contributed by atoms with E-state index < -0.39 is 0 Å². The first kappa shape index (κ1) is 16.1. The van der Waals surface area contributed by atoms with E-state index in [1.54, 1.807) is 11.0 Å². The third kappa shape index (κ3) is 3.31. The summed E-state index contributed by atoms with van der Waals surface area (Å²) in [5.74, 6) is 0.341. The van der Waals surface area contributed by atoms with E-state index in [9.17, 15) is 4.79 Å². The van der Waals surface area contributed by atoms with Crippen LogP contribution in [0.5, 0.6) is 0 Å². The van der Waals surface area contributed by atoms with E-state index in [1.165, 1.54) is 11.3 Å². The number of thiophene rings is 1. The Morgan fingerprint density at radius 3 is 2.72 bits per heavy atom. The minimum absolute atomic E-state index is 0. The van der Waals surface area contributed by atoms with Crippen LogP contribution in [0.25, 0.3) is 0 Å². The fourth-order valence-corrected chi connectivity index (χ4v) is 3.51. The van der Waals surface area contributed by atoms with Gasteiger partial charge in [0.05, 0.1) is 9.90 Å². The lowest BCUT2D eigenvalue weighted by Crippen LogP contribution is -2.32. The summed E-state index contributed by atoms with van der Waals surface area (Å²) in [7, 11) is 0. The highest BCUT2D eigenvalue weighted by Crippen LogP contribution is 2.33. The van der Waals surface area contributed by atoms with E-state index in [1.807, 2.05) is 6.92 Å². The van der Waals surface area contributed by atoms with Crippen molar-refractivity contribution in [2.24, 2.45) is 11.7 Å². The summed E-state index contributed by atoms with van der Waals surface area (Å²) in [6, 6.07) is 1.75. The van der Waals surface area contributed by atoms with Crippen LogP contribution in [0.1, 0.15) is 23.7 Å². The first-order valence-electron chi connectivity index (χ1n) is 5.48. The molecule has 1 aromatic heterocycles. The number of amides is 1. The SMILES string of the molecule is CC(N)C1CCN(C(=O)c2cc(Cl)sc2Cl)C1.Cl. The van der Waals surface area contributed by atoms with Crippen LogP contribution in [0.15, 0.2) is 6.07 Å². The van der Waals surface area contributed by atoms with Crippen LogP contribution < -0.4 is 5.73 Å². The Kier molecular flexibility index (Phi) is 5.74. The van der Waals surface area contributed by atoms with Crippen molar-refractivity contribution in [1.82, 2.24) is 4.90 Å². The summed E-state index contributed by atoms with van der Waals surface area (Å²) in [5, 5.41) is 0. The number of nitrogens with zero attached hydrogens (tertiary/aromatic N) is 1. The molecule has 0 bridgehead atoms. The van der Waals surface area contributed by atoms with Crippen LogP contribution in [0.3, 0.4) is 0 Å². The van der Waals surface area contributed by atoms with Crippen molar-refractivity contribution in [3.63, 3.8) is 0 Å². The van der Waals surface area contributed by atoms with E-state index in [4.69, 9.17) is 28.9 Å². The van der Waals surface area contributed by atoms with Gasteiger partial charge in [0.15, 0.2) is 0 Å². The lowest BCUT2D eigenvalue weighted by molar-refractivity contribution is 0.0786. The molecule has 1 saturated heterocycles. The zero-order valence-electron chi connectivity index (χ0n) is 9.86. The number of hydrogen-bond acceptors (Lipinski definition) is 3. The standard InChI is InChI=1S/C11H14Cl2N2OS.ClH/c1-6(14)7-2-3-15(5-7)11(16)8-4-9(12)17-10(8)13;/h4,6-7H,2-3,5,14H2,1H3;1H. The molecule has 2 unspecified atom stereocenters. The third-order valence-electron chi connectivity index (χ3n) is 3.14. The molecule has 7 heteroatoms. The van der Waals surface area contributed by atoms with Gasteiger partial charge >= 0.3 is 0 Å². The molecule has 1 aliphatic rings. The Balaban J connectivity index is 0.00000162. The Hall–Kier alpha value is -0.000000000000000222. The molecule has 0 spiro atoms.